The smallest absolute Gasteiger partial charge is 0.255 e. The Bertz CT molecular complexity index is 624. The maximum atomic E-state index is 10.9. The predicted molar refractivity (Wildman–Crippen MR) is 95.4 cm³/mol. The summed E-state index contributed by atoms with van der Waals surface area (Å²) >= 11 is 0. The number of amides is 1. The molecule has 0 saturated heterocycles. The normalized spacial score (nSPS) is 31.3. The van der Waals surface area contributed by atoms with Crippen LogP contribution < -0.4 is 32.9 Å². The summed E-state index contributed by atoms with van der Waals surface area (Å²) in [5, 5.41) is 3.83. The first-order valence-corrected chi connectivity index (χ1v) is 9.43. The number of nitrogens with two attached hydrogens (primary N) is 1. The van der Waals surface area contributed by atoms with Crippen molar-refractivity contribution in [1.82, 2.24) is 5.32 Å². The van der Waals surface area contributed by atoms with Gasteiger partial charge in [0.15, 0.2) is 18.1 Å². The van der Waals surface area contributed by atoms with Gasteiger partial charge in [-0.15, -0.1) is 0 Å². The number of hydrogen-bond donors (Lipinski definition) is 2. The van der Waals surface area contributed by atoms with Crippen LogP contribution in [0.5, 0.6) is 11.5 Å². The Balaban J connectivity index is 0.00000196. The molecule has 0 heterocycles. The summed E-state index contributed by atoms with van der Waals surface area (Å²) in [5.74, 6) is 4.46. The third-order valence-electron chi connectivity index (χ3n) is 6.37. The molecule has 0 unspecified atom stereocenters. The van der Waals surface area contributed by atoms with E-state index >= 15 is 0 Å². The number of hydrogen-bond acceptors (Lipinski definition) is 4. The lowest BCUT2D eigenvalue weighted by Gasteiger charge is -2.54. The number of rotatable bonds is 7. The highest BCUT2D eigenvalue weighted by atomic mass is 35.5. The fourth-order valence-corrected chi connectivity index (χ4v) is 5.58. The zero-order valence-corrected chi connectivity index (χ0v) is 16.0. The molecule has 6 heteroatoms. The molecule has 4 saturated carbocycles. The molecular formula is C20H28ClN2O3-. The first-order valence-electron chi connectivity index (χ1n) is 9.43. The Labute approximate surface area is 161 Å². The highest BCUT2D eigenvalue weighted by Gasteiger charge is 2.47. The van der Waals surface area contributed by atoms with Crippen LogP contribution >= 0.6 is 0 Å². The second-order valence-electron chi connectivity index (χ2n) is 8.08. The standard InChI is InChI=1S/C20H28N2O3.ClH/c1-24-18-9-12(2-3-17(18)25-11-19(21)23)10-22-20-15-5-13-4-14(7-15)8-16(20)6-13;/h2-3,9,13-16,20,22H,4-8,10-11H2,1H3,(H2,21,23);1H/p-1. The highest BCUT2D eigenvalue weighted by Crippen LogP contribution is 2.53. The van der Waals surface area contributed by atoms with E-state index in [-0.39, 0.29) is 19.0 Å². The van der Waals surface area contributed by atoms with Gasteiger partial charge in [-0.2, -0.15) is 0 Å². The van der Waals surface area contributed by atoms with Gasteiger partial charge >= 0.3 is 0 Å². The number of nitrogens with one attached hydrogen (secondary N) is 1. The molecule has 3 N–H and O–H groups in total. The molecule has 4 bridgehead atoms. The third-order valence-corrected chi connectivity index (χ3v) is 6.37. The van der Waals surface area contributed by atoms with Crippen LogP contribution in [-0.4, -0.2) is 25.7 Å². The minimum absolute atomic E-state index is 0. The number of carbonyl (C=O) groups is 1. The molecule has 0 spiro atoms. The largest absolute Gasteiger partial charge is 1.00 e. The molecule has 1 aromatic rings. The molecule has 4 fully saturated rings. The number of methoxy groups -OCH3 is 1. The van der Waals surface area contributed by atoms with Gasteiger partial charge in [0.1, 0.15) is 0 Å². The quantitative estimate of drug-likeness (QED) is 0.668. The summed E-state index contributed by atoms with van der Waals surface area (Å²) in [6.07, 6.45) is 7.19. The Morgan fingerprint density at radius 2 is 1.77 bits per heavy atom. The van der Waals surface area contributed by atoms with E-state index in [1.165, 1.54) is 37.7 Å². The Hall–Kier alpha value is -1.46. The minimum atomic E-state index is -0.491. The van der Waals surface area contributed by atoms with Crippen LogP contribution in [0.15, 0.2) is 18.2 Å². The van der Waals surface area contributed by atoms with E-state index in [0.29, 0.717) is 17.5 Å². The number of ether oxygens (including phenoxy) is 2. The van der Waals surface area contributed by atoms with Crippen molar-refractivity contribution in [3.63, 3.8) is 0 Å². The maximum Gasteiger partial charge on any atom is 0.255 e. The number of primary amides is 1. The molecular weight excluding hydrogens is 352 g/mol. The average Bonchev–Trinajstić information content (AvgIpc) is 2.59. The fraction of sp³-hybridized carbons (Fsp3) is 0.650. The van der Waals surface area contributed by atoms with E-state index < -0.39 is 5.91 Å². The Kier molecular flexibility index (Phi) is 5.98. The summed E-state index contributed by atoms with van der Waals surface area (Å²) in [5.41, 5.74) is 6.31. The maximum absolute atomic E-state index is 10.9. The van der Waals surface area contributed by atoms with Crippen LogP contribution in [0.4, 0.5) is 0 Å². The first kappa shape index (κ1) is 19.3. The number of halogens is 1. The topological polar surface area (TPSA) is 73.6 Å². The van der Waals surface area contributed by atoms with E-state index in [1.54, 1.807) is 7.11 Å². The van der Waals surface area contributed by atoms with Gasteiger partial charge < -0.3 is 32.9 Å². The molecule has 0 aliphatic heterocycles. The van der Waals surface area contributed by atoms with Crippen molar-refractivity contribution >= 4 is 5.91 Å². The van der Waals surface area contributed by atoms with Crippen molar-refractivity contribution in [1.29, 1.82) is 0 Å². The zero-order valence-electron chi connectivity index (χ0n) is 15.2. The molecule has 144 valence electrons. The molecule has 4 aliphatic rings. The molecule has 0 aromatic heterocycles. The third kappa shape index (κ3) is 3.94. The minimum Gasteiger partial charge on any atom is -1.00 e. The summed E-state index contributed by atoms with van der Waals surface area (Å²) in [6, 6.07) is 6.54. The molecule has 1 aromatic carbocycles. The van der Waals surface area contributed by atoms with Gasteiger partial charge in [0.25, 0.3) is 5.91 Å². The van der Waals surface area contributed by atoms with Crippen molar-refractivity contribution in [2.75, 3.05) is 13.7 Å². The summed E-state index contributed by atoms with van der Waals surface area (Å²) in [4.78, 5) is 10.9. The van der Waals surface area contributed by atoms with Crippen LogP contribution in [0.1, 0.15) is 37.7 Å². The molecule has 1 amide bonds. The molecule has 0 atom stereocenters. The van der Waals surface area contributed by atoms with Crippen molar-refractivity contribution in [3.8, 4) is 11.5 Å². The van der Waals surface area contributed by atoms with Crippen molar-refractivity contribution < 1.29 is 26.7 Å². The predicted octanol–water partition coefficient (Wildman–Crippen LogP) is -0.522. The zero-order chi connectivity index (χ0) is 17.4. The summed E-state index contributed by atoms with van der Waals surface area (Å²) in [7, 11) is 1.61. The van der Waals surface area contributed by atoms with Crippen LogP contribution in [0.3, 0.4) is 0 Å². The van der Waals surface area contributed by atoms with Gasteiger partial charge in [0, 0.05) is 12.6 Å². The van der Waals surface area contributed by atoms with Crippen LogP contribution in [0.2, 0.25) is 0 Å². The van der Waals surface area contributed by atoms with Crippen LogP contribution in [-0.2, 0) is 11.3 Å². The van der Waals surface area contributed by atoms with Gasteiger partial charge in [0.05, 0.1) is 7.11 Å². The molecule has 5 nitrogen and oxygen atoms in total. The van der Waals surface area contributed by atoms with Crippen molar-refractivity contribution in [2.45, 2.75) is 44.7 Å². The number of benzene rings is 1. The van der Waals surface area contributed by atoms with E-state index in [9.17, 15) is 4.79 Å². The Morgan fingerprint density at radius 1 is 1.12 bits per heavy atom. The summed E-state index contributed by atoms with van der Waals surface area (Å²) in [6.45, 7) is 0.710. The van der Waals surface area contributed by atoms with Gasteiger partial charge in [-0.1, -0.05) is 6.07 Å². The van der Waals surface area contributed by atoms with Crippen LogP contribution in [0, 0.1) is 23.7 Å². The number of carbonyl (C=O) groups excluding carboxylic acids is 1. The van der Waals surface area contributed by atoms with E-state index in [2.05, 4.69) is 5.32 Å². The Morgan fingerprint density at radius 3 is 2.35 bits per heavy atom. The van der Waals surface area contributed by atoms with Crippen molar-refractivity contribution in [3.05, 3.63) is 23.8 Å². The lowest BCUT2D eigenvalue weighted by atomic mass is 9.54. The summed E-state index contributed by atoms with van der Waals surface area (Å²) < 4.78 is 10.8. The van der Waals surface area contributed by atoms with E-state index in [1.807, 2.05) is 18.2 Å². The molecule has 26 heavy (non-hydrogen) atoms. The van der Waals surface area contributed by atoms with E-state index in [4.69, 9.17) is 15.2 Å². The van der Waals surface area contributed by atoms with Gasteiger partial charge in [-0.05, 0) is 73.5 Å². The molecule has 4 aliphatic carbocycles. The van der Waals surface area contributed by atoms with Crippen LogP contribution in [0.25, 0.3) is 0 Å². The van der Waals surface area contributed by atoms with Crippen molar-refractivity contribution in [2.24, 2.45) is 29.4 Å². The van der Waals surface area contributed by atoms with Gasteiger partial charge in [-0.3, -0.25) is 4.79 Å². The first-order chi connectivity index (χ1) is 12.1. The lowest BCUT2D eigenvalue weighted by molar-refractivity contribution is -0.119. The second-order valence-corrected chi connectivity index (χ2v) is 8.08. The fourth-order valence-electron chi connectivity index (χ4n) is 5.58. The monoisotopic (exact) mass is 379 g/mol. The van der Waals surface area contributed by atoms with Gasteiger partial charge in [0.2, 0.25) is 0 Å². The SMILES string of the molecule is COc1cc(CNC2C3CC4CC(C3)CC2C4)ccc1OCC(N)=O.[Cl-]. The molecule has 0 radical (unpaired) electrons. The van der Waals surface area contributed by atoms with Gasteiger partial charge in [-0.25, -0.2) is 0 Å². The highest BCUT2D eigenvalue weighted by molar-refractivity contribution is 5.75. The average molecular weight is 380 g/mol. The van der Waals surface area contributed by atoms with E-state index in [0.717, 1.165) is 30.2 Å². The second kappa shape index (κ2) is 8.05. The lowest BCUT2D eigenvalue weighted by Crippen LogP contribution is -3.00. The molecule has 5 rings (SSSR count).